The van der Waals surface area contributed by atoms with E-state index >= 15 is 0 Å². The number of amidine groups is 1. The molecule has 0 bridgehead atoms. The number of likely N-dealkylation sites (tertiary alicyclic amines) is 1. The highest BCUT2D eigenvalue weighted by atomic mass is 35.5. The van der Waals surface area contributed by atoms with Crippen LogP contribution < -0.4 is 10.6 Å². The van der Waals surface area contributed by atoms with E-state index in [1.54, 1.807) is 24.5 Å². The van der Waals surface area contributed by atoms with Crippen LogP contribution in [0, 0.1) is 5.82 Å². The quantitative estimate of drug-likeness (QED) is 0.481. The number of halogens is 3. The van der Waals surface area contributed by atoms with Crippen molar-refractivity contribution < 1.29 is 4.39 Å². The zero-order valence-corrected chi connectivity index (χ0v) is 20.6. The van der Waals surface area contributed by atoms with Gasteiger partial charge in [-0.2, -0.15) is 0 Å². The first-order valence-corrected chi connectivity index (χ1v) is 12.0. The summed E-state index contributed by atoms with van der Waals surface area (Å²) in [6, 6.07) is 4.60. The minimum atomic E-state index is -0.515. The van der Waals surface area contributed by atoms with Gasteiger partial charge in [-0.1, -0.05) is 35.8 Å². The Kier molecular flexibility index (Phi) is 7.58. The van der Waals surface area contributed by atoms with Gasteiger partial charge in [0.1, 0.15) is 17.5 Å². The van der Waals surface area contributed by atoms with Crippen molar-refractivity contribution in [2.24, 2.45) is 10.7 Å². The van der Waals surface area contributed by atoms with Gasteiger partial charge in [-0.15, -0.1) is 0 Å². The van der Waals surface area contributed by atoms with Crippen LogP contribution in [0.2, 0.25) is 10.2 Å². The van der Waals surface area contributed by atoms with Gasteiger partial charge in [0.2, 0.25) is 0 Å². The van der Waals surface area contributed by atoms with Crippen LogP contribution in [0.15, 0.2) is 54.1 Å². The Morgan fingerprint density at radius 3 is 2.59 bits per heavy atom. The molecule has 1 aromatic heterocycles. The van der Waals surface area contributed by atoms with E-state index in [1.165, 1.54) is 12.1 Å². The third kappa shape index (κ3) is 5.45. The SMILES string of the molecule is C=C(/N=C(\C=C(/N)c1ccc(Cl)c(F)c1)N1CCN(c2nccnc2Cl)C[C@@H]1C)N1CCCC1. The lowest BCUT2D eigenvalue weighted by Gasteiger charge is -2.41. The summed E-state index contributed by atoms with van der Waals surface area (Å²) < 4.78 is 14.0. The number of nitrogens with two attached hydrogens (primary N) is 1. The van der Waals surface area contributed by atoms with Gasteiger partial charge in [0.25, 0.3) is 0 Å². The summed E-state index contributed by atoms with van der Waals surface area (Å²) in [6.07, 6.45) is 7.25. The van der Waals surface area contributed by atoms with Crippen molar-refractivity contribution in [3.8, 4) is 0 Å². The molecule has 0 radical (unpaired) electrons. The predicted octanol–water partition coefficient (Wildman–Crippen LogP) is 4.40. The lowest BCUT2D eigenvalue weighted by Crippen LogP contribution is -2.54. The number of nitrogens with zero attached hydrogens (tertiary/aromatic N) is 6. The van der Waals surface area contributed by atoms with Crippen molar-refractivity contribution in [3.63, 3.8) is 0 Å². The van der Waals surface area contributed by atoms with Crippen molar-refractivity contribution in [3.05, 3.63) is 70.6 Å². The number of anilines is 1. The van der Waals surface area contributed by atoms with Gasteiger partial charge in [0.05, 0.1) is 5.02 Å². The molecule has 0 amide bonds. The summed E-state index contributed by atoms with van der Waals surface area (Å²) in [5.41, 5.74) is 7.33. The third-order valence-electron chi connectivity index (χ3n) is 6.11. The maximum Gasteiger partial charge on any atom is 0.171 e. The van der Waals surface area contributed by atoms with Crippen LogP contribution >= 0.6 is 23.2 Å². The molecule has 2 aromatic rings. The average molecular weight is 504 g/mol. The lowest BCUT2D eigenvalue weighted by molar-refractivity contribution is 0.297. The summed E-state index contributed by atoms with van der Waals surface area (Å²) in [5, 5.41) is 0.439. The first-order valence-electron chi connectivity index (χ1n) is 11.3. The lowest BCUT2D eigenvalue weighted by atomic mass is 10.1. The Bertz CT molecular complexity index is 1110. The molecule has 0 saturated carbocycles. The maximum absolute atomic E-state index is 14.0. The summed E-state index contributed by atoms with van der Waals surface area (Å²) in [7, 11) is 0. The number of hydrogen-bond donors (Lipinski definition) is 1. The smallest absolute Gasteiger partial charge is 0.171 e. The number of rotatable bonds is 5. The highest BCUT2D eigenvalue weighted by molar-refractivity contribution is 6.31. The van der Waals surface area contributed by atoms with Gasteiger partial charge in [0.15, 0.2) is 11.0 Å². The molecule has 0 unspecified atom stereocenters. The zero-order valence-electron chi connectivity index (χ0n) is 19.1. The fourth-order valence-electron chi connectivity index (χ4n) is 4.27. The normalized spacial score (nSPS) is 19.6. The van der Waals surface area contributed by atoms with E-state index < -0.39 is 5.82 Å². The third-order valence-corrected chi connectivity index (χ3v) is 6.68. The van der Waals surface area contributed by atoms with Crippen LogP contribution in [-0.4, -0.2) is 64.4 Å². The second kappa shape index (κ2) is 10.6. The topological polar surface area (TPSA) is 73.9 Å². The van der Waals surface area contributed by atoms with E-state index in [4.69, 9.17) is 33.9 Å². The molecule has 34 heavy (non-hydrogen) atoms. The fraction of sp³-hybridized carbons (Fsp3) is 0.375. The Morgan fingerprint density at radius 2 is 1.91 bits per heavy atom. The molecule has 2 N–H and O–H groups in total. The standard InChI is InChI=1S/C24H28Cl2FN7/c1-16-15-33(24-23(26)29-7-8-30-24)11-12-34(16)22(31-17(2)32-9-3-4-10-32)14-21(28)18-5-6-19(25)20(27)13-18/h5-8,13-14,16H,2-4,9-12,15,28H2,1H3/b21-14-,31-22+/t16-/m0/s1. The highest BCUT2D eigenvalue weighted by Gasteiger charge is 2.28. The van der Waals surface area contributed by atoms with Crippen molar-refractivity contribution in [1.29, 1.82) is 0 Å². The largest absolute Gasteiger partial charge is 0.398 e. The fourth-order valence-corrected chi connectivity index (χ4v) is 4.61. The van der Waals surface area contributed by atoms with Crippen molar-refractivity contribution in [2.75, 3.05) is 37.6 Å². The van der Waals surface area contributed by atoms with Crippen LogP contribution in [0.5, 0.6) is 0 Å². The van der Waals surface area contributed by atoms with Gasteiger partial charge in [-0.25, -0.2) is 19.4 Å². The minimum absolute atomic E-state index is 0.0558. The molecule has 180 valence electrons. The number of piperazine rings is 1. The van der Waals surface area contributed by atoms with Crippen molar-refractivity contribution in [2.45, 2.75) is 25.8 Å². The van der Waals surface area contributed by atoms with Gasteiger partial charge in [-0.05, 0) is 31.9 Å². The molecule has 2 aliphatic rings. The molecule has 1 atom stereocenters. The number of hydrogen-bond acceptors (Lipinski definition) is 6. The predicted molar refractivity (Wildman–Crippen MR) is 136 cm³/mol. The molecule has 4 rings (SSSR count). The van der Waals surface area contributed by atoms with Crippen LogP contribution in [0.3, 0.4) is 0 Å². The highest BCUT2D eigenvalue weighted by Crippen LogP contribution is 2.25. The summed E-state index contributed by atoms with van der Waals surface area (Å²) in [4.78, 5) is 19.9. The van der Waals surface area contributed by atoms with Crippen molar-refractivity contribution in [1.82, 2.24) is 19.8 Å². The van der Waals surface area contributed by atoms with Gasteiger partial charge < -0.3 is 20.4 Å². The van der Waals surface area contributed by atoms with Crippen LogP contribution in [0.1, 0.15) is 25.3 Å². The van der Waals surface area contributed by atoms with E-state index in [2.05, 4.69) is 38.2 Å². The molecule has 2 fully saturated rings. The van der Waals surface area contributed by atoms with E-state index in [0.29, 0.717) is 53.5 Å². The zero-order chi connectivity index (χ0) is 24.2. The van der Waals surface area contributed by atoms with E-state index in [1.807, 2.05) is 0 Å². The number of aromatic nitrogens is 2. The summed E-state index contributed by atoms with van der Waals surface area (Å²) >= 11 is 12.1. The molecule has 7 nitrogen and oxygen atoms in total. The molecule has 10 heteroatoms. The molecule has 2 aliphatic heterocycles. The molecule has 2 saturated heterocycles. The first-order chi connectivity index (χ1) is 16.3. The van der Waals surface area contributed by atoms with Crippen LogP contribution in [0.25, 0.3) is 5.70 Å². The first kappa shape index (κ1) is 24.3. The molecule has 3 heterocycles. The van der Waals surface area contributed by atoms with Gasteiger partial charge >= 0.3 is 0 Å². The van der Waals surface area contributed by atoms with E-state index in [0.717, 1.165) is 25.9 Å². The second-order valence-electron chi connectivity index (χ2n) is 8.47. The molecular formula is C24H28Cl2FN7. The monoisotopic (exact) mass is 503 g/mol. The van der Waals surface area contributed by atoms with Gasteiger partial charge in [-0.3, -0.25) is 0 Å². The number of aliphatic imine (C=N–C) groups is 1. The molecular weight excluding hydrogens is 476 g/mol. The Morgan fingerprint density at radius 1 is 1.18 bits per heavy atom. The van der Waals surface area contributed by atoms with Crippen LogP contribution in [0.4, 0.5) is 10.2 Å². The number of benzene rings is 1. The Labute approximate surface area is 209 Å². The van der Waals surface area contributed by atoms with Crippen molar-refractivity contribution >= 4 is 40.6 Å². The second-order valence-corrected chi connectivity index (χ2v) is 9.23. The van der Waals surface area contributed by atoms with E-state index in [-0.39, 0.29) is 11.1 Å². The molecule has 0 spiro atoms. The summed E-state index contributed by atoms with van der Waals surface area (Å²) in [6.45, 7) is 10.2. The minimum Gasteiger partial charge on any atom is -0.398 e. The molecule has 1 aromatic carbocycles. The maximum atomic E-state index is 14.0. The Balaban J connectivity index is 1.62. The van der Waals surface area contributed by atoms with Crippen LogP contribution in [-0.2, 0) is 0 Å². The Hall–Kier alpha value is -2.84. The average Bonchev–Trinajstić information content (AvgIpc) is 3.36. The molecule has 0 aliphatic carbocycles. The van der Waals surface area contributed by atoms with E-state index in [9.17, 15) is 4.39 Å². The van der Waals surface area contributed by atoms with Gasteiger partial charge in [0, 0.05) is 68.5 Å². The summed E-state index contributed by atoms with van der Waals surface area (Å²) in [5.74, 6) is 1.54.